The number of fused-ring (bicyclic) bond motifs is 1. The minimum atomic E-state index is -3.91. The number of ether oxygens (including phenoxy) is 1. The molecule has 0 radical (unpaired) electrons. The van der Waals surface area contributed by atoms with E-state index in [0.29, 0.717) is 6.04 Å². The van der Waals surface area contributed by atoms with E-state index in [-0.39, 0.29) is 11.0 Å². The van der Waals surface area contributed by atoms with Gasteiger partial charge in [-0.3, -0.25) is 4.90 Å². The van der Waals surface area contributed by atoms with Gasteiger partial charge in [-0.1, -0.05) is 38.1 Å². The molecular weight excluding hydrogens is 412 g/mol. The van der Waals surface area contributed by atoms with Crippen LogP contribution in [0.4, 0.5) is 8.78 Å². The summed E-state index contributed by atoms with van der Waals surface area (Å²) in [5.41, 5.74) is 2.98. The molecule has 4 rings (SSSR count). The van der Waals surface area contributed by atoms with Crippen molar-refractivity contribution in [2.45, 2.75) is 76.5 Å². The number of hydrogen-bond acceptors (Lipinski definition) is 3. The highest BCUT2D eigenvalue weighted by molar-refractivity contribution is 5.78. The lowest BCUT2D eigenvalue weighted by molar-refractivity contribution is -0.166. The van der Waals surface area contributed by atoms with Gasteiger partial charge in [0.15, 0.2) is 0 Å². The predicted molar refractivity (Wildman–Crippen MR) is 120 cm³/mol. The lowest BCUT2D eigenvalue weighted by Gasteiger charge is -2.43. The molecular formula is C26H31F2NO3. The number of nitrogens with zero attached hydrogens (tertiary/aromatic N) is 1. The Labute approximate surface area is 188 Å². The fourth-order valence-corrected chi connectivity index (χ4v) is 4.98. The zero-order valence-corrected chi connectivity index (χ0v) is 19.3. The number of aliphatic carboxylic acids is 1. The lowest BCUT2D eigenvalue weighted by Crippen LogP contribution is -2.42. The average molecular weight is 444 g/mol. The second kappa shape index (κ2) is 7.55. The molecule has 1 heterocycles. The summed E-state index contributed by atoms with van der Waals surface area (Å²) < 4.78 is 34.2. The Kier molecular flexibility index (Phi) is 5.36. The van der Waals surface area contributed by atoms with E-state index >= 15 is 0 Å². The largest absolute Gasteiger partial charge is 0.487 e. The third-order valence-corrected chi connectivity index (χ3v) is 6.58. The van der Waals surface area contributed by atoms with Gasteiger partial charge in [-0.15, -0.1) is 0 Å². The third-order valence-electron chi connectivity index (χ3n) is 6.58. The van der Waals surface area contributed by atoms with Crippen LogP contribution in [0.3, 0.4) is 0 Å². The molecule has 6 heteroatoms. The van der Waals surface area contributed by atoms with E-state index in [1.807, 2.05) is 0 Å². The molecule has 0 spiro atoms. The van der Waals surface area contributed by atoms with E-state index in [4.69, 9.17) is 9.84 Å². The molecule has 0 amide bonds. The fraction of sp³-hybridized carbons (Fsp3) is 0.500. The minimum absolute atomic E-state index is 0.115. The molecule has 0 saturated heterocycles. The first-order valence-electron chi connectivity index (χ1n) is 11.1. The van der Waals surface area contributed by atoms with Crippen molar-refractivity contribution in [3.8, 4) is 16.9 Å². The van der Waals surface area contributed by atoms with E-state index in [1.165, 1.54) is 25.0 Å². The van der Waals surface area contributed by atoms with E-state index in [1.54, 1.807) is 12.1 Å². The second-order valence-electron chi connectivity index (χ2n) is 10.5. The Bertz CT molecular complexity index is 1040. The Morgan fingerprint density at radius 3 is 2.31 bits per heavy atom. The summed E-state index contributed by atoms with van der Waals surface area (Å²) >= 11 is 0. The number of hydrogen-bond donors (Lipinski definition) is 1. The summed E-state index contributed by atoms with van der Waals surface area (Å²) in [5, 5.41) is 8.81. The van der Waals surface area contributed by atoms with Crippen LogP contribution in [0.1, 0.15) is 63.6 Å². The van der Waals surface area contributed by atoms with Gasteiger partial charge in [-0.25, -0.2) is 4.79 Å². The van der Waals surface area contributed by atoms with Gasteiger partial charge in [-0.05, 0) is 68.8 Å². The molecule has 2 aliphatic rings. The number of halogens is 2. The van der Waals surface area contributed by atoms with Crippen molar-refractivity contribution in [3.63, 3.8) is 0 Å². The quantitative estimate of drug-likeness (QED) is 0.598. The fourth-order valence-electron chi connectivity index (χ4n) is 4.98. The first-order chi connectivity index (χ1) is 14.8. The third kappa shape index (κ3) is 4.25. The van der Waals surface area contributed by atoms with E-state index in [2.05, 4.69) is 51.8 Å². The monoisotopic (exact) mass is 443 g/mol. The number of carboxylic acids is 1. The first-order valence-corrected chi connectivity index (χ1v) is 11.1. The van der Waals surface area contributed by atoms with Crippen LogP contribution in [-0.4, -0.2) is 34.7 Å². The molecule has 2 aromatic carbocycles. The van der Waals surface area contributed by atoms with Crippen molar-refractivity contribution in [2.75, 3.05) is 7.05 Å². The molecule has 32 heavy (non-hydrogen) atoms. The molecule has 4 nitrogen and oxygen atoms in total. The maximum atomic E-state index is 13.9. The van der Waals surface area contributed by atoms with Crippen molar-refractivity contribution >= 4 is 5.97 Å². The summed E-state index contributed by atoms with van der Waals surface area (Å²) in [4.78, 5) is 13.2. The van der Waals surface area contributed by atoms with Crippen LogP contribution in [0.25, 0.3) is 11.1 Å². The van der Waals surface area contributed by atoms with E-state index in [0.717, 1.165) is 41.0 Å². The smallest absolute Gasteiger partial charge is 0.379 e. The van der Waals surface area contributed by atoms with Crippen LogP contribution < -0.4 is 4.74 Å². The van der Waals surface area contributed by atoms with Crippen molar-refractivity contribution < 1.29 is 23.4 Å². The highest BCUT2D eigenvalue weighted by atomic mass is 19.3. The summed E-state index contributed by atoms with van der Waals surface area (Å²) in [6.07, 6.45) is 3.27. The molecule has 172 valence electrons. The Balaban J connectivity index is 1.79. The van der Waals surface area contributed by atoms with Crippen molar-refractivity contribution in [2.24, 2.45) is 0 Å². The van der Waals surface area contributed by atoms with Gasteiger partial charge >= 0.3 is 11.9 Å². The molecule has 1 saturated carbocycles. The van der Waals surface area contributed by atoms with E-state index < -0.39 is 17.5 Å². The van der Waals surface area contributed by atoms with Gasteiger partial charge in [0.1, 0.15) is 11.4 Å². The second-order valence-corrected chi connectivity index (χ2v) is 10.5. The molecule has 0 unspecified atom stereocenters. The van der Waals surface area contributed by atoms with Gasteiger partial charge in [-0.2, -0.15) is 8.78 Å². The number of benzene rings is 2. The summed E-state index contributed by atoms with van der Waals surface area (Å²) in [6, 6.07) is 10.3. The molecule has 0 aromatic heterocycles. The van der Waals surface area contributed by atoms with Gasteiger partial charge in [0.25, 0.3) is 0 Å². The number of carbonyl (C=O) groups is 1. The number of carboxylic acid groups (broad SMARTS) is 1. The SMILES string of the molecule is CN(Cc1cc(-c2ccc(C(F)(F)C(=O)O)cc2)cc2c1OC(C)(C)CC2(C)C)C1CC1. The topological polar surface area (TPSA) is 49.8 Å². The van der Waals surface area contributed by atoms with Crippen LogP contribution in [-0.2, 0) is 22.7 Å². The van der Waals surface area contributed by atoms with Crippen molar-refractivity contribution in [3.05, 3.63) is 53.1 Å². The zero-order valence-electron chi connectivity index (χ0n) is 19.3. The summed E-state index contributed by atoms with van der Waals surface area (Å²) in [7, 11) is 2.12. The van der Waals surface area contributed by atoms with Gasteiger partial charge in [0.05, 0.1) is 0 Å². The summed E-state index contributed by atoms with van der Waals surface area (Å²) in [5.74, 6) is -5.13. The predicted octanol–water partition coefficient (Wildman–Crippen LogP) is 5.96. The number of rotatable bonds is 6. The Morgan fingerprint density at radius 1 is 1.12 bits per heavy atom. The number of alkyl halides is 2. The van der Waals surface area contributed by atoms with Crippen molar-refractivity contribution in [1.82, 2.24) is 4.90 Å². The maximum Gasteiger partial charge on any atom is 0.379 e. The van der Waals surface area contributed by atoms with Crippen LogP contribution in [0.5, 0.6) is 5.75 Å². The van der Waals surface area contributed by atoms with Crippen LogP contribution in [0, 0.1) is 0 Å². The lowest BCUT2D eigenvalue weighted by atomic mass is 9.72. The zero-order chi connectivity index (χ0) is 23.5. The molecule has 1 N–H and O–H groups in total. The molecule has 0 atom stereocenters. The summed E-state index contributed by atoms with van der Waals surface area (Å²) in [6.45, 7) is 9.40. The van der Waals surface area contributed by atoms with Gasteiger partial charge in [0, 0.05) is 29.3 Å². The Morgan fingerprint density at radius 2 is 1.75 bits per heavy atom. The standard InChI is InChI=1S/C26H31F2NO3/c1-24(2)15-25(3,4)32-22-18(14-29(5)20-10-11-20)12-17(13-21(22)24)16-6-8-19(9-7-16)26(27,28)23(30)31/h6-9,12-13,20H,10-11,14-15H2,1-5H3,(H,30,31). The van der Waals surface area contributed by atoms with Gasteiger partial charge in [0.2, 0.25) is 0 Å². The molecule has 1 aliphatic carbocycles. The van der Waals surface area contributed by atoms with Crippen LogP contribution in [0.2, 0.25) is 0 Å². The van der Waals surface area contributed by atoms with E-state index in [9.17, 15) is 13.6 Å². The molecule has 2 aromatic rings. The maximum absolute atomic E-state index is 13.9. The average Bonchev–Trinajstić information content (AvgIpc) is 3.52. The first kappa shape index (κ1) is 22.7. The molecule has 0 bridgehead atoms. The molecule has 1 aliphatic heterocycles. The Hall–Kier alpha value is -2.47. The highest BCUT2D eigenvalue weighted by Crippen LogP contribution is 2.48. The van der Waals surface area contributed by atoms with Crippen LogP contribution >= 0.6 is 0 Å². The minimum Gasteiger partial charge on any atom is -0.487 e. The highest BCUT2D eigenvalue weighted by Gasteiger charge is 2.42. The normalized spacial score (nSPS) is 19.4. The van der Waals surface area contributed by atoms with Gasteiger partial charge < -0.3 is 9.84 Å². The van der Waals surface area contributed by atoms with Crippen molar-refractivity contribution in [1.29, 1.82) is 0 Å². The molecule has 1 fully saturated rings. The van der Waals surface area contributed by atoms with Crippen LogP contribution in [0.15, 0.2) is 36.4 Å².